The Hall–Kier alpha value is -3.44. The summed E-state index contributed by atoms with van der Waals surface area (Å²) in [4.78, 5) is 28.1. The summed E-state index contributed by atoms with van der Waals surface area (Å²) in [5.41, 5.74) is 2.64. The first-order valence-electron chi connectivity index (χ1n) is 10.2. The largest absolute Gasteiger partial charge is 0.370 e. The number of fused-ring (bicyclic) bond motifs is 2. The van der Waals surface area contributed by atoms with Crippen LogP contribution in [0.15, 0.2) is 83.7 Å². The molecule has 0 spiro atoms. The summed E-state index contributed by atoms with van der Waals surface area (Å²) in [6.45, 7) is 1.79. The van der Waals surface area contributed by atoms with Crippen LogP contribution in [-0.2, 0) is 16.1 Å². The van der Waals surface area contributed by atoms with E-state index in [0.717, 1.165) is 16.6 Å². The Morgan fingerprint density at radius 2 is 1.47 bits per heavy atom. The Balaban J connectivity index is 1.50. The van der Waals surface area contributed by atoms with Crippen LogP contribution >= 0.6 is 0 Å². The topological polar surface area (TPSA) is 51.5 Å². The van der Waals surface area contributed by atoms with Crippen LogP contribution in [0.4, 0.5) is 0 Å². The zero-order valence-electron chi connectivity index (χ0n) is 16.5. The summed E-state index contributed by atoms with van der Waals surface area (Å²) in [6, 6.07) is 25.0. The molecule has 0 aliphatic carbocycles. The number of nitrogens with zero attached hydrogens (tertiary/aromatic N) is 2. The number of benzene rings is 3. The molecular weight excluding hydrogens is 376 g/mol. The van der Waals surface area contributed by atoms with Crippen LogP contribution in [0.1, 0.15) is 11.7 Å². The normalized spacial score (nSPS) is 16.8. The minimum absolute atomic E-state index is 0.000383. The van der Waals surface area contributed by atoms with Crippen molar-refractivity contribution in [1.29, 1.82) is 0 Å². The minimum Gasteiger partial charge on any atom is -0.370 e. The number of carbonyl (C=O) groups excluding carboxylic acids is 1. The molecule has 5 heteroatoms. The number of pyridine rings is 1. The van der Waals surface area contributed by atoms with E-state index in [4.69, 9.17) is 4.74 Å². The van der Waals surface area contributed by atoms with E-state index < -0.39 is 0 Å². The smallest absolute Gasteiger partial charge is 0.242 e. The molecule has 4 aromatic rings. The SMILES string of the molecule is O=C(Cn1c2ccccc2c(=O)c2ccccc21)N1CCO[C@@H](c2ccccc2)C1. The van der Waals surface area contributed by atoms with Gasteiger partial charge in [-0.05, 0) is 29.8 Å². The molecule has 0 N–H and O–H groups in total. The van der Waals surface area contributed by atoms with Crippen LogP contribution in [0.3, 0.4) is 0 Å². The van der Waals surface area contributed by atoms with Crippen molar-refractivity contribution in [2.75, 3.05) is 19.7 Å². The summed E-state index contributed by atoms with van der Waals surface area (Å²) in [5, 5.41) is 1.27. The quantitative estimate of drug-likeness (QED) is 0.494. The second kappa shape index (κ2) is 7.76. The van der Waals surface area contributed by atoms with Gasteiger partial charge in [-0.3, -0.25) is 9.59 Å². The molecule has 2 heterocycles. The first-order valence-corrected chi connectivity index (χ1v) is 10.2. The monoisotopic (exact) mass is 398 g/mol. The first-order chi connectivity index (χ1) is 14.7. The van der Waals surface area contributed by atoms with Gasteiger partial charge in [0.15, 0.2) is 5.43 Å². The number of hydrogen-bond donors (Lipinski definition) is 0. The second-order valence-corrected chi connectivity index (χ2v) is 7.56. The van der Waals surface area contributed by atoms with Gasteiger partial charge in [0.25, 0.3) is 0 Å². The lowest BCUT2D eigenvalue weighted by Crippen LogP contribution is -2.43. The highest BCUT2D eigenvalue weighted by Crippen LogP contribution is 2.23. The van der Waals surface area contributed by atoms with E-state index in [2.05, 4.69) is 0 Å². The van der Waals surface area contributed by atoms with Crippen molar-refractivity contribution in [3.63, 3.8) is 0 Å². The van der Waals surface area contributed by atoms with Crippen molar-refractivity contribution in [2.24, 2.45) is 0 Å². The fourth-order valence-corrected chi connectivity index (χ4v) is 4.23. The summed E-state index contributed by atoms with van der Waals surface area (Å²) >= 11 is 0. The van der Waals surface area contributed by atoms with Crippen LogP contribution in [0.2, 0.25) is 0 Å². The maximum atomic E-state index is 13.3. The maximum Gasteiger partial charge on any atom is 0.242 e. The Bertz CT molecular complexity index is 1220. The number of para-hydroxylation sites is 2. The average Bonchev–Trinajstić information content (AvgIpc) is 2.82. The van der Waals surface area contributed by atoms with E-state index in [9.17, 15) is 9.59 Å². The van der Waals surface area contributed by atoms with E-state index in [1.54, 1.807) is 0 Å². The van der Waals surface area contributed by atoms with Crippen molar-refractivity contribution in [3.8, 4) is 0 Å². The van der Waals surface area contributed by atoms with E-state index in [0.29, 0.717) is 30.5 Å². The molecule has 150 valence electrons. The Labute approximate surface area is 174 Å². The first kappa shape index (κ1) is 18.6. The van der Waals surface area contributed by atoms with Gasteiger partial charge >= 0.3 is 0 Å². The summed E-state index contributed by atoms with van der Waals surface area (Å²) in [6.07, 6.45) is -0.119. The molecule has 5 rings (SSSR count). The Morgan fingerprint density at radius 1 is 0.867 bits per heavy atom. The van der Waals surface area contributed by atoms with Crippen LogP contribution < -0.4 is 5.43 Å². The summed E-state index contributed by atoms with van der Waals surface area (Å²) < 4.78 is 7.87. The van der Waals surface area contributed by atoms with Gasteiger partial charge in [-0.15, -0.1) is 0 Å². The van der Waals surface area contributed by atoms with Gasteiger partial charge in [0.1, 0.15) is 12.6 Å². The van der Waals surface area contributed by atoms with Gasteiger partial charge < -0.3 is 14.2 Å². The predicted octanol–water partition coefficient (Wildman–Crippen LogP) is 3.75. The van der Waals surface area contributed by atoms with Gasteiger partial charge in [-0.25, -0.2) is 0 Å². The summed E-state index contributed by atoms with van der Waals surface area (Å²) in [5.74, 6) is 0.0261. The Morgan fingerprint density at radius 3 is 2.13 bits per heavy atom. The van der Waals surface area contributed by atoms with E-state index in [1.807, 2.05) is 88.3 Å². The highest BCUT2D eigenvalue weighted by Gasteiger charge is 2.26. The van der Waals surface area contributed by atoms with E-state index in [1.165, 1.54) is 0 Å². The molecule has 1 fully saturated rings. The third-order valence-corrected chi connectivity index (χ3v) is 5.76. The van der Waals surface area contributed by atoms with Crippen molar-refractivity contribution >= 4 is 27.7 Å². The zero-order chi connectivity index (χ0) is 20.5. The number of amides is 1. The van der Waals surface area contributed by atoms with Gasteiger partial charge in [0, 0.05) is 17.3 Å². The van der Waals surface area contributed by atoms with E-state index >= 15 is 0 Å². The molecule has 30 heavy (non-hydrogen) atoms. The fraction of sp³-hybridized carbons (Fsp3) is 0.200. The van der Waals surface area contributed by atoms with Crippen molar-refractivity contribution in [2.45, 2.75) is 12.6 Å². The number of carbonyl (C=O) groups is 1. The number of ether oxygens (including phenoxy) is 1. The van der Waals surface area contributed by atoms with E-state index in [-0.39, 0.29) is 24.0 Å². The van der Waals surface area contributed by atoms with Crippen LogP contribution in [0.5, 0.6) is 0 Å². The molecule has 1 atom stereocenters. The molecule has 0 saturated carbocycles. The zero-order valence-corrected chi connectivity index (χ0v) is 16.5. The third kappa shape index (κ3) is 3.27. The molecule has 3 aromatic carbocycles. The molecule has 1 aromatic heterocycles. The molecule has 0 bridgehead atoms. The number of morpholine rings is 1. The lowest BCUT2D eigenvalue weighted by Gasteiger charge is -2.33. The second-order valence-electron chi connectivity index (χ2n) is 7.56. The standard InChI is InChI=1S/C25H22N2O3/c28-24(26-14-15-30-23(16-26)18-8-2-1-3-9-18)17-27-21-12-6-4-10-19(21)25(29)20-11-5-7-13-22(20)27/h1-13,23H,14-17H2/t23-/m1/s1. The molecule has 5 nitrogen and oxygen atoms in total. The fourth-order valence-electron chi connectivity index (χ4n) is 4.23. The van der Waals surface area contributed by atoms with Gasteiger partial charge in [-0.1, -0.05) is 54.6 Å². The van der Waals surface area contributed by atoms with Crippen LogP contribution in [0.25, 0.3) is 21.8 Å². The predicted molar refractivity (Wildman–Crippen MR) is 117 cm³/mol. The van der Waals surface area contributed by atoms with Gasteiger partial charge in [-0.2, -0.15) is 0 Å². The molecular formula is C25H22N2O3. The molecule has 0 radical (unpaired) electrons. The number of aromatic nitrogens is 1. The van der Waals surface area contributed by atoms with Gasteiger partial charge in [0.05, 0.1) is 24.2 Å². The summed E-state index contributed by atoms with van der Waals surface area (Å²) in [7, 11) is 0. The molecule has 0 unspecified atom stereocenters. The molecule has 1 aliphatic rings. The van der Waals surface area contributed by atoms with Gasteiger partial charge in [0.2, 0.25) is 5.91 Å². The molecule has 1 amide bonds. The van der Waals surface area contributed by atoms with Crippen LogP contribution in [0, 0.1) is 0 Å². The highest BCUT2D eigenvalue weighted by atomic mass is 16.5. The molecule has 1 aliphatic heterocycles. The minimum atomic E-state index is -0.119. The van der Waals surface area contributed by atoms with Crippen LogP contribution in [-0.4, -0.2) is 35.1 Å². The number of rotatable bonds is 3. The van der Waals surface area contributed by atoms with Crippen molar-refractivity contribution < 1.29 is 9.53 Å². The number of hydrogen-bond acceptors (Lipinski definition) is 3. The lowest BCUT2D eigenvalue weighted by atomic mass is 10.1. The third-order valence-electron chi connectivity index (χ3n) is 5.76. The molecule has 1 saturated heterocycles. The van der Waals surface area contributed by atoms with Crippen molar-refractivity contribution in [3.05, 3.63) is 94.6 Å². The average molecular weight is 398 g/mol. The maximum absolute atomic E-state index is 13.3. The lowest BCUT2D eigenvalue weighted by molar-refractivity contribution is -0.139. The van der Waals surface area contributed by atoms with Crippen molar-refractivity contribution in [1.82, 2.24) is 9.47 Å². The highest BCUT2D eigenvalue weighted by molar-refractivity contribution is 5.94. The Kier molecular flexibility index (Phi) is 4.81.